The Hall–Kier alpha value is -2.50. The van der Waals surface area contributed by atoms with Gasteiger partial charge in [0.05, 0.1) is 11.3 Å². The summed E-state index contributed by atoms with van der Waals surface area (Å²) in [4.78, 5) is 11.0. The normalized spacial score (nSPS) is 10.2. The van der Waals surface area contributed by atoms with Crippen LogP contribution in [0.3, 0.4) is 0 Å². The van der Waals surface area contributed by atoms with Crippen LogP contribution in [0.15, 0.2) is 30.5 Å². The maximum Gasteiger partial charge on any atom is 0.337 e. The van der Waals surface area contributed by atoms with Crippen molar-refractivity contribution in [3.63, 3.8) is 0 Å². The fourth-order valence-corrected chi connectivity index (χ4v) is 1.47. The first-order chi connectivity index (χ1) is 8.06. The minimum atomic E-state index is -1.03. The zero-order chi connectivity index (χ0) is 12.4. The second kappa shape index (κ2) is 4.17. The summed E-state index contributed by atoms with van der Waals surface area (Å²) in [5.41, 5.74) is 6.55. The molecule has 0 radical (unpaired) electrons. The molecule has 0 bridgehead atoms. The van der Waals surface area contributed by atoms with Gasteiger partial charge in [-0.05, 0) is 18.2 Å². The average Bonchev–Trinajstić information content (AvgIpc) is 2.66. The number of anilines is 3. The van der Waals surface area contributed by atoms with Gasteiger partial charge < -0.3 is 16.2 Å². The summed E-state index contributed by atoms with van der Waals surface area (Å²) in [6.45, 7) is 0. The molecule has 2 rings (SSSR count). The van der Waals surface area contributed by atoms with E-state index in [1.807, 2.05) is 0 Å². The molecule has 0 fully saturated rings. The number of carbonyl (C=O) groups is 1. The molecule has 1 aromatic carbocycles. The molecule has 0 spiro atoms. The highest BCUT2D eigenvalue weighted by Gasteiger charge is 2.11. The number of aryl methyl sites for hydroxylation is 1. The van der Waals surface area contributed by atoms with Crippen molar-refractivity contribution in [2.45, 2.75) is 0 Å². The average molecular weight is 232 g/mol. The summed E-state index contributed by atoms with van der Waals surface area (Å²) >= 11 is 0. The molecule has 0 saturated carbocycles. The molecule has 6 heteroatoms. The van der Waals surface area contributed by atoms with Crippen molar-refractivity contribution >= 4 is 23.2 Å². The molecule has 2 aromatic rings. The highest BCUT2D eigenvalue weighted by molar-refractivity contribution is 5.96. The van der Waals surface area contributed by atoms with E-state index in [2.05, 4.69) is 10.4 Å². The topological polar surface area (TPSA) is 93.2 Å². The highest BCUT2D eigenvalue weighted by Crippen LogP contribution is 2.22. The summed E-state index contributed by atoms with van der Waals surface area (Å²) in [5.74, 6) is -0.449. The number of benzene rings is 1. The van der Waals surface area contributed by atoms with E-state index in [-0.39, 0.29) is 5.56 Å². The molecule has 17 heavy (non-hydrogen) atoms. The maximum absolute atomic E-state index is 11.0. The summed E-state index contributed by atoms with van der Waals surface area (Å²) in [6.07, 6.45) is 1.76. The molecule has 4 N–H and O–H groups in total. The van der Waals surface area contributed by atoms with E-state index in [1.165, 1.54) is 6.07 Å². The number of carboxylic acid groups (broad SMARTS) is 1. The lowest BCUT2D eigenvalue weighted by atomic mass is 10.1. The summed E-state index contributed by atoms with van der Waals surface area (Å²) in [5, 5.41) is 16.1. The second-order valence-electron chi connectivity index (χ2n) is 3.61. The van der Waals surface area contributed by atoms with Crippen molar-refractivity contribution in [1.82, 2.24) is 9.78 Å². The van der Waals surface area contributed by atoms with Gasteiger partial charge in [0.2, 0.25) is 0 Å². The van der Waals surface area contributed by atoms with E-state index < -0.39 is 5.97 Å². The van der Waals surface area contributed by atoms with Gasteiger partial charge in [0, 0.05) is 25.0 Å². The van der Waals surface area contributed by atoms with Crippen LogP contribution in [0.1, 0.15) is 10.4 Å². The van der Waals surface area contributed by atoms with Crippen molar-refractivity contribution in [1.29, 1.82) is 0 Å². The van der Waals surface area contributed by atoms with Gasteiger partial charge in [-0.2, -0.15) is 5.10 Å². The van der Waals surface area contributed by atoms with Gasteiger partial charge in [-0.3, -0.25) is 4.68 Å². The second-order valence-corrected chi connectivity index (χ2v) is 3.61. The number of nitrogens with zero attached hydrogens (tertiary/aromatic N) is 2. The van der Waals surface area contributed by atoms with Gasteiger partial charge >= 0.3 is 5.97 Å². The maximum atomic E-state index is 11.0. The number of rotatable bonds is 3. The van der Waals surface area contributed by atoms with Gasteiger partial charge in [-0.15, -0.1) is 0 Å². The van der Waals surface area contributed by atoms with Gasteiger partial charge in [0.25, 0.3) is 0 Å². The van der Waals surface area contributed by atoms with Gasteiger partial charge in [0.15, 0.2) is 5.82 Å². The van der Waals surface area contributed by atoms with Crippen LogP contribution in [0.2, 0.25) is 0 Å². The molecule has 0 amide bonds. The van der Waals surface area contributed by atoms with E-state index in [1.54, 1.807) is 36.1 Å². The molecule has 0 atom stereocenters. The number of carboxylic acids is 1. The monoisotopic (exact) mass is 232 g/mol. The van der Waals surface area contributed by atoms with Gasteiger partial charge in [-0.1, -0.05) is 0 Å². The van der Waals surface area contributed by atoms with Crippen LogP contribution in [0.5, 0.6) is 0 Å². The number of nitrogens with two attached hydrogens (primary N) is 1. The van der Waals surface area contributed by atoms with Crippen LogP contribution in [0, 0.1) is 0 Å². The Morgan fingerprint density at radius 1 is 1.47 bits per heavy atom. The molecule has 0 aliphatic rings. The van der Waals surface area contributed by atoms with Crippen molar-refractivity contribution in [2.24, 2.45) is 7.05 Å². The Balaban J connectivity index is 2.35. The lowest BCUT2D eigenvalue weighted by Crippen LogP contribution is -2.04. The lowest BCUT2D eigenvalue weighted by molar-refractivity contribution is 0.0698. The van der Waals surface area contributed by atoms with Crippen LogP contribution in [0.4, 0.5) is 17.2 Å². The van der Waals surface area contributed by atoms with Crippen LogP contribution in [-0.4, -0.2) is 20.9 Å². The van der Waals surface area contributed by atoms with E-state index >= 15 is 0 Å². The molecular formula is C11H12N4O2. The number of aromatic nitrogens is 2. The van der Waals surface area contributed by atoms with Crippen molar-refractivity contribution < 1.29 is 9.90 Å². The summed E-state index contributed by atoms with van der Waals surface area (Å²) in [6, 6.07) is 6.42. The van der Waals surface area contributed by atoms with E-state index in [9.17, 15) is 4.79 Å². The fourth-order valence-electron chi connectivity index (χ4n) is 1.47. The highest BCUT2D eigenvalue weighted by atomic mass is 16.4. The van der Waals surface area contributed by atoms with E-state index in [0.29, 0.717) is 17.2 Å². The minimum absolute atomic E-state index is 0.121. The zero-order valence-electron chi connectivity index (χ0n) is 9.21. The zero-order valence-corrected chi connectivity index (χ0v) is 9.21. The standard InChI is InChI=1S/C11H12N4O2/c1-15-5-4-10(14-15)13-9-3-2-7(12)6-8(9)11(16)17/h2-6H,12H2,1H3,(H,13,14)(H,16,17). The number of nitrogens with one attached hydrogen (secondary N) is 1. The quantitative estimate of drug-likeness (QED) is 0.696. The Morgan fingerprint density at radius 3 is 2.82 bits per heavy atom. The lowest BCUT2D eigenvalue weighted by Gasteiger charge is -2.07. The SMILES string of the molecule is Cn1ccc(Nc2ccc(N)cc2C(=O)O)n1. The predicted molar refractivity (Wildman–Crippen MR) is 64.3 cm³/mol. The smallest absolute Gasteiger partial charge is 0.337 e. The van der Waals surface area contributed by atoms with Gasteiger partial charge in [-0.25, -0.2) is 4.79 Å². The Bertz CT molecular complexity index is 562. The molecule has 6 nitrogen and oxygen atoms in total. The number of aromatic carboxylic acids is 1. The summed E-state index contributed by atoms with van der Waals surface area (Å²) in [7, 11) is 1.78. The minimum Gasteiger partial charge on any atom is -0.478 e. The molecule has 1 heterocycles. The van der Waals surface area contributed by atoms with Crippen molar-refractivity contribution in [3.8, 4) is 0 Å². The van der Waals surface area contributed by atoms with Crippen LogP contribution in [0.25, 0.3) is 0 Å². The Morgan fingerprint density at radius 2 is 2.24 bits per heavy atom. The molecule has 1 aromatic heterocycles. The number of hydrogen-bond acceptors (Lipinski definition) is 4. The third-order valence-electron chi connectivity index (χ3n) is 2.25. The van der Waals surface area contributed by atoms with Crippen LogP contribution >= 0.6 is 0 Å². The molecule has 0 unspecified atom stereocenters. The van der Waals surface area contributed by atoms with Gasteiger partial charge in [0.1, 0.15) is 0 Å². The molecular weight excluding hydrogens is 220 g/mol. The van der Waals surface area contributed by atoms with E-state index in [4.69, 9.17) is 10.8 Å². The largest absolute Gasteiger partial charge is 0.478 e. The first-order valence-electron chi connectivity index (χ1n) is 4.96. The summed E-state index contributed by atoms with van der Waals surface area (Å²) < 4.78 is 1.63. The first kappa shape index (κ1) is 11.0. The molecule has 0 aliphatic heterocycles. The van der Waals surface area contributed by atoms with E-state index in [0.717, 1.165) is 0 Å². The van der Waals surface area contributed by atoms with Crippen LogP contribution in [-0.2, 0) is 7.05 Å². The first-order valence-corrected chi connectivity index (χ1v) is 4.96. The fraction of sp³-hybridized carbons (Fsp3) is 0.0909. The molecule has 88 valence electrons. The predicted octanol–water partition coefficient (Wildman–Crippen LogP) is 1.44. The number of hydrogen-bond donors (Lipinski definition) is 3. The third-order valence-corrected chi connectivity index (χ3v) is 2.25. The Kier molecular flexibility index (Phi) is 2.70. The van der Waals surface area contributed by atoms with Crippen molar-refractivity contribution in [3.05, 3.63) is 36.0 Å². The Labute approximate surface area is 97.7 Å². The molecule has 0 saturated heterocycles. The third kappa shape index (κ3) is 2.36. The van der Waals surface area contributed by atoms with Crippen molar-refractivity contribution in [2.75, 3.05) is 11.1 Å². The molecule has 0 aliphatic carbocycles. The van der Waals surface area contributed by atoms with Crippen LogP contribution < -0.4 is 11.1 Å². The number of nitrogen functional groups attached to an aromatic ring is 1.